The number of hydrogen-bond donors (Lipinski definition) is 1. The first-order valence-electron chi connectivity index (χ1n) is 6.54. The molecule has 0 atom stereocenters. The Bertz CT molecular complexity index is 690. The Morgan fingerprint density at radius 2 is 1.95 bits per heavy atom. The van der Waals surface area contributed by atoms with Crippen LogP contribution in [0.3, 0.4) is 0 Å². The fraction of sp³-hybridized carbons (Fsp3) is 0.133. The monoisotopic (exact) mass is 265 g/mol. The quantitative estimate of drug-likeness (QED) is 0.788. The predicted octanol–water partition coefficient (Wildman–Crippen LogP) is 2.76. The van der Waals surface area contributed by atoms with Crippen LogP contribution in [0.25, 0.3) is 16.9 Å². The zero-order valence-electron chi connectivity index (χ0n) is 11.2. The Hall–Kier alpha value is -2.69. The molecule has 0 unspecified atom stereocenters. The lowest BCUT2D eigenvalue weighted by atomic mass is 10.1. The van der Waals surface area contributed by atoms with Crippen LogP contribution in [0.5, 0.6) is 0 Å². The summed E-state index contributed by atoms with van der Waals surface area (Å²) in [6.45, 7) is 2.80. The van der Waals surface area contributed by atoms with Crippen molar-refractivity contribution in [2.75, 3.05) is 11.9 Å². The van der Waals surface area contributed by atoms with E-state index in [1.807, 2.05) is 43.6 Å². The Balaban J connectivity index is 1.92. The summed E-state index contributed by atoms with van der Waals surface area (Å²) >= 11 is 0. The van der Waals surface area contributed by atoms with Gasteiger partial charge >= 0.3 is 0 Å². The molecule has 5 heteroatoms. The topological polar surface area (TPSA) is 55.6 Å². The van der Waals surface area contributed by atoms with E-state index < -0.39 is 0 Å². The van der Waals surface area contributed by atoms with Crippen LogP contribution in [0.2, 0.25) is 0 Å². The fourth-order valence-electron chi connectivity index (χ4n) is 1.95. The van der Waals surface area contributed by atoms with Crippen molar-refractivity contribution in [2.24, 2.45) is 0 Å². The molecule has 2 aromatic heterocycles. The van der Waals surface area contributed by atoms with E-state index in [9.17, 15) is 0 Å². The summed E-state index contributed by atoms with van der Waals surface area (Å²) in [6.07, 6.45) is 5.53. The molecule has 0 radical (unpaired) electrons. The molecule has 0 bridgehead atoms. The Labute approximate surface area is 117 Å². The third-order valence-corrected chi connectivity index (χ3v) is 2.90. The van der Waals surface area contributed by atoms with Crippen molar-refractivity contribution in [3.05, 3.63) is 55.0 Å². The van der Waals surface area contributed by atoms with Crippen LogP contribution in [0.4, 0.5) is 5.95 Å². The molecule has 2 heterocycles. The third kappa shape index (κ3) is 2.51. The van der Waals surface area contributed by atoms with Crippen molar-refractivity contribution in [3.8, 4) is 16.9 Å². The molecule has 0 amide bonds. The average molecular weight is 265 g/mol. The zero-order chi connectivity index (χ0) is 13.8. The van der Waals surface area contributed by atoms with Crippen LogP contribution < -0.4 is 5.32 Å². The van der Waals surface area contributed by atoms with E-state index >= 15 is 0 Å². The molecule has 1 aromatic carbocycles. The Kier molecular flexibility index (Phi) is 3.41. The minimum absolute atomic E-state index is 0.613. The van der Waals surface area contributed by atoms with Gasteiger partial charge in [-0.25, -0.2) is 9.67 Å². The van der Waals surface area contributed by atoms with E-state index in [4.69, 9.17) is 0 Å². The van der Waals surface area contributed by atoms with Gasteiger partial charge in [-0.15, -0.1) is 0 Å². The maximum Gasteiger partial charge on any atom is 0.224 e. The molecule has 0 spiro atoms. The van der Waals surface area contributed by atoms with Crippen LogP contribution in [-0.4, -0.2) is 26.3 Å². The molecular weight excluding hydrogens is 250 g/mol. The lowest BCUT2D eigenvalue weighted by Gasteiger charge is -2.03. The van der Waals surface area contributed by atoms with Gasteiger partial charge in [0.25, 0.3) is 0 Å². The molecule has 0 aliphatic carbocycles. The fourth-order valence-corrected chi connectivity index (χ4v) is 1.95. The highest BCUT2D eigenvalue weighted by atomic mass is 15.3. The Morgan fingerprint density at radius 1 is 1.10 bits per heavy atom. The first-order chi connectivity index (χ1) is 9.86. The van der Waals surface area contributed by atoms with Gasteiger partial charge in [0, 0.05) is 30.6 Å². The molecule has 0 aliphatic heterocycles. The van der Waals surface area contributed by atoms with Crippen LogP contribution in [0.1, 0.15) is 6.92 Å². The summed E-state index contributed by atoms with van der Waals surface area (Å²) in [5.74, 6) is 1.36. The first-order valence-corrected chi connectivity index (χ1v) is 6.54. The van der Waals surface area contributed by atoms with Gasteiger partial charge in [0.05, 0.1) is 6.20 Å². The maximum atomic E-state index is 4.42. The number of nitrogens with zero attached hydrogens (tertiary/aromatic N) is 4. The number of aromatic nitrogens is 4. The Morgan fingerprint density at radius 3 is 2.75 bits per heavy atom. The smallest absolute Gasteiger partial charge is 0.224 e. The van der Waals surface area contributed by atoms with E-state index in [0.29, 0.717) is 5.95 Å². The lowest BCUT2D eigenvalue weighted by Crippen LogP contribution is -2.05. The van der Waals surface area contributed by atoms with Crippen LogP contribution in [0, 0.1) is 0 Å². The van der Waals surface area contributed by atoms with Crippen molar-refractivity contribution >= 4 is 5.95 Å². The van der Waals surface area contributed by atoms with Crippen molar-refractivity contribution in [1.29, 1.82) is 0 Å². The minimum Gasteiger partial charge on any atom is -0.354 e. The average Bonchev–Trinajstić information content (AvgIpc) is 2.99. The van der Waals surface area contributed by atoms with Gasteiger partial charge in [-0.1, -0.05) is 30.3 Å². The molecule has 3 rings (SSSR count). The molecular formula is C15H15N5. The van der Waals surface area contributed by atoms with E-state index in [0.717, 1.165) is 23.5 Å². The van der Waals surface area contributed by atoms with Gasteiger partial charge in [0.1, 0.15) is 0 Å². The molecule has 0 saturated carbocycles. The van der Waals surface area contributed by atoms with Crippen molar-refractivity contribution in [1.82, 2.24) is 19.7 Å². The summed E-state index contributed by atoms with van der Waals surface area (Å²) in [4.78, 5) is 8.57. The zero-order valence-corrected chi connectivity index (χ0v) is 11.2. The molecule has 5 nitrogen and oxygen atoms in total. The normalized spacial score (nSPS) is 10.4. The van der Waals surface area contributed by atoms with Gasteiger partial charge in [0.15, 0.2) is 5.82 Å². The van der Waals surface area contributed by atoms with Gasteiger partial charge in [-0.05, 0) is 12.5 Å². The van der Waals surface area contributed by atoms with Crippen molar-refractivity contribution < 1.29 is 0 Å². The molecule has 0 saturated heterocycles. The second-order valence-electron chi connectivity index (χ2n) is 4.31. The van der Waals surface area contributed by atoms with E-state index in [1.165, 1.54) is 0 Å². The van der Waals surface area contributed by atoms with Crippen LogP contribution in [-0.2, 0) is 0 Å². The minimum atomic E-state index is 0.613. The number of hydrogen-bond acceptors (Lipinski definition) is 4. The summed E-state index contributed by atoms with van der Waals surface area (Å²) in [5, 5.41) is 7.46. The summed E-state index contributed by atoms with van der Waals surface area (Å²) in [6, 6.07) is 12.0. The summed E-state index contributed by atoms with van der Waals surface area (Å²) in [7, 11) is 0. The first kappa shape index (κ1) is 12.3. The second-order valence-corrected chi connectivity index (χ2v) is 4.31. The summed E-state index contributed by atoms with van der Waals surface area (Å²) < 4.78 is 1.75. The highest BCUT2D eigenvalue weighted by molar-refractivity contribution is 5.61. The highest BCUT2D eigenvalue weighted by Gasteiger charge is 2.05. The SMILES string of the molecule is CCNc1nccc(-n2cc(-c3ccccc3)cn2)n1. The van der Waals surface area contributed by atoms with Crippen LogP contribution >= 0.6 is 0 Å². The number of benzene rings is 1. The number of nitrogens with one attached hydrogen (secondary N) is 1. The highest BCUT2D eigenvalue weighted by Crippen LogP contribution is 2.19. The third-order valence-electron chi connectivity index (χ3n) is 2.90. The molecule has 1 N–H and O–H groups in total. The maximum absolute atomic E-state index is 4.42. The molecule has 3 aromatic rings. The lowest BCUT2D eigenvalue weighted by molar-refractivity contribution is 0.839. The largest absolute Gasteiger partial charge is 0.354 e. The van der Waals surface area contributed by atoms with Crippen molar-refractivity contribution in [2.45, 2.75) is 6.92 Å². The van der Waals surface area contributed by atoms with Crippen molar-refractivity contribution in [3.63, 3.8) is 0 Å². The standard InChI is InChI=1S/C15H15N5/c1-2-16-15-17-9-8-14(19-15)20-11-13(10-18-20)12-6-4-3-5-7-12/h3-11H,2H2,1H3,(H,16,17,19). The summed E-state index contributed by atoms with van der Waals surface area (Å²) in [5.41, 5.74) is 2.20. The molecule has 0 fully saturated rings. The van der Waals surface area contributed by atoms with Gasteiger partial charge in [0.2, 0.25) is 5.95 Å². The molecule has 100 valence electrons. The second kappa shape index (κ2) is 5.52. The number of rotatable bonds is 4. The van der Waals surface area contributed by atoms with E-state index in [2.05, 4.69) is 32.5 Å². The van der Waals surface area contributed by atoms with Gasteiger partial charge < -0.3 is 5.32 Å². The van der Waals surface area contributed by atoms with E-state index in [-0.39, 0.29) is 0 Å². The predicted molar refractivity (Wildman–Crippen MR) is 78.8 cm³/mol. The van der Waals surface area contributed by atoms with E-state index in [1.54, 1.807) is 10.9 Å². The molecule has 0 aliphatic rings. The van der Waals surface area contributed by atoms with Gasteiger partial charge in [-0.2, -0.15) is 10.1 Å². The van der Waals surface area contributed by atoms with Crippen LogP contribution in [0.15, 0.2) is 55.0 Å². The van der Waals surface area contributed by atoms with Gasteiger partial charge in [-0.3, -0.25) is 0 Å². The molecule has 20 heavy (non-hydrogen) atoms. The number of anilines is 1.